The molecule has 1 aliphatic carbocycles. The van der Waals surface area contributed by atoms with Crippen molar-refractivity contribution in [2.75, 3.05) is 5.32 Å². The van der Waals surface area contributed by atoms with Crippen LogP contribution in [0.25, 0.3) is 0 Å². The van der Waals surface area contributed by atoms with E-state index in [1.54, 1.807) is 6.07 Å². The number of anilines is 1. The number of benzene rings is 1. The second-order valence-electron chi connectivity index (χ2n) is 4.53. The number of hydrogen-bond acceptors (Lipinski definition) is 2. The van der Waals surface area contributed by atoms with Crippen molar-refractivity contribution in [1.82, 2.24) is 0 Å². The lowest BCUT2D eigenvalue weighted by molar-refractivity contribution is 0.116. The van der Waals surface area contributed by atoms with Crippen LogP contribution in [0, 0.1) is 12.7 Å². The SMILES string of the molecule is Cc1cccc(F)c1N[C@@H]1CCCC[C@H]1O. The van der Waals surface area contributed by atoms with Gasteiger partial charge >= 0.3 is 0 Å². The molecule has 2 rings (SSSR count). The molecule has 1 aromatic carbocycles. The molecule has 0 heterocycles. The molecule has 1 saturated carbocycles. The van der Waals surface area contributed by atoms with Crippen LogP contribution in [0.3, 0.4) is 0 Å². The topological polar surface area (TPSA) is 32.3 Å². The summed E-state index contributed by atoms with van der Waals surface area (Å²) in [5.74, 6) is -0.238. The van der Waals surface area contributed by atoms with E-state index in [1.807, 2.05) is 13.0 Å². The van der Waals surface area contributed by atoms with Gasteiger partial charge in [-0.3, -0.25) is 0 Å². The van der Waals surface area contributed by atoms with Crippen molar-refractivity contribution in [2.45, 2.75) is 44.8 Å². The van der Waals surface area contributed by atoms with Gasteiger partial charge in [-0.05, 0) is 31.4 Å². The van der Waals surface area contributed by atoms with Crippen molar-refractivity contribution in [3.63, 3.8) is 0 Å². The predicted molar refractivity (Wildman–Crippen MR) is 63.0 cm³/mol. The fourth-order valence-electron chi connectivity index (χ4n) is 2.28. The predicted octanol–water partition coefficient (Wildman–Crippen LogP) is 2.85. The molecule has 2 N–H and O–H groups in total. The first-order chi connectivity index (χ1) is 7.68. The highest BCUT2D eigenvalue weighted by molar-refractivity contribution is 5.52. The molecular weight excluding hydrogens is 205 g/mol. The first-order valence-electron chi connectivity index (χ1n) is 5.88. The molecule has 0 spiro atoms. The van der Waals surface area contributed by atoms with Crippen molar-refractivity contribution in [3.05, 3.63) is 29.6 Å². The molecule has 0 aromatic heterocycles. The van der Waals surface area contributed by atoms with Crippen LogP contribution in [-0.4, -0.2) is 17.3 Å². The average Bonchev–Trinajstić information content (AvgIpc) is 2.26. The van der Waals surface area contributed by atoms with Gasteiger partial charge in [0.15, 0.2) is 0 Å². The molecule has 2 nitrogen and oxygen atoms in total. The Hall–Kier alpha value is -1.09. The van der Waals surface area contributed by atoms with Gasteiger partial charge in [-0.1, -0.05) is 25.0 Å². The van der Waals surface area contributed by atoms with Gasteiger partial charge in [-0.15, -0.1) is 0 Å². The molecule has 88 valence electrons. The van der Waals surface area contributed by atoms with Gasteiger partial charge in [0.1, 0.15) is 5.82 Å². The van der Waals surface area contributed by atoms with Crippen LogP contribution in [-0.2, 0) is 0 Å². The second kappa shape index (κ2) is 4.83. The largest absolute Gasteiger partial charge is 0.391 e. The minimum absolute atomic E-state index is 0.00986. The molecule has 0 radical (unpaired) electrons. The Balaban J connectivity index is 2.13. The van der Waals surface area contributed by atoms with E-state index in [0.29, 0.717) is 5.69 Å². The van der Waals surface area contributed by atoms with Gasteiger partial charge in [0.05, 0.1) is 17.8 Å². The molecule has 3 heteroatoms. The maximum absolute atomic E-state index is 13.6. The summed E-state index contributed by atoms with van der Waals surface area (Å²) in [6.45, 7) is 1.88. The number of rotatable bonds is 2. The van der Waals surface area contributed by atoms with Crippen molar-refractivity contribution < 1.29 is 9.50 Å². The summed E-state index contributed by atoms with van der Waals surface area (Å²) in [4.78, 5) is 0. The Morgan fingerprint density at radius 1 is 1.31 bits per heavy atom. The Morgan fingerprint density at radius 2 is 2.06 bits per heavy atom. The van der Waals surface area contributed by atoms with Gasteiger partial charge in [0, 0.05) is 0 Å². The van der Waals surface area contributed by atoms with E-state index in [-0.39, 0.29) is 18.0 Å². The van der Waals surface area contributed by atoms with Crippen LogP contribution in [0.15, 0.2) is 18.2 Å². The van der Waals surface area contributed by atoms with E-state index < -0.39 is 0 Å². The van der Waals surface area contributed by atoms with Crippen molar-refractivity contribution in [2.24, 2.45) is 0 Å². The number of para-hydroxylation sites is 1. The second-order valence-corrected chi connectivity index (χ2v) is 4.53. The quantitative estimate of drug-likeness (QED) is 0.808. The summed E-state index contributed by atoms with van der Waals surface area (Å²) in [5, 5.41) is 13.0. The Kier molecular flexibility index (Phi) is 3.44. The molecule has 0 amide bonds. The fraction of sp³-hybridized carbons (Fsp3) is 0.538. The number of nitrogens with one attached hydrogen (secondary N) is 1. The minimum Gasteiger partial charge on any atom is -0.391 e. The van der Waals surface area contributed by atoms with Crippen molar-refractivity contribution >= 4 is 5.69 Å². The lowest BCUT2D eigenvalue weighted by atomic mass is 9.92. The van der Waals surface area contributed by atoms with E-state index in [4.69, 9.17) is 0 Å². The molecule has 2 atom stereocenters. The van der Waals surface area contributed by atoms with Gasteiger partial charge in [-0.25, -0.2) is 4.39 Å². The average molecular weight is 223 g/mol. The van der Waals surface area contributed by atoms with E-state index >= 15 is 0 Å². The summed E-state index contributed by atoms with van der Waals surface area (Å²) >= 11 is 0. The lowest BCUT2D eigenvalue weighted by Crippen LogP contribution is -2.36. The first kappa shape index (κ1) is 11.4. The molecule has 1 aromatic rings. The minimum atomic E-state index is -0.354. The van der Waals surface area contributed by atoms with E-state index in [1.165, 1.54) is 6.07 Å². The Labute approximate surface area is 95.5 Å². The highest BCUT2D eigenvalue weighted by Crippen LogP contribution is 2.25. The van der Waals surface area contributed by atoms with Crippen LogP contribution in [0.2, 0.25) is 0 Å². The molecular formula is C13H18FNO. The molecule has 0 saturated heterocycles. The normalized spacial score (nSPS) is 25.4. The zero-order chi connectivity index (χ0) is 11.5. The molecule has 0 unspecified atom stereocenters. The Morgan fingerprint density at radius 3 is 2.75 bits per heavy atom. The van der Waals surface area contributed by atoms with Gasteiger partial charge in [0.25, 0.3) is 0 Å². The molecule has 0 bridgehead atoms. The first-order valence-corrected chi connectivity index (χ1v) is 5.88. The number of aliphatic hydroxyl groups is 1. The molecule has 1 aliphatic rings. The standard InChI is InChI=1S/C13H18FNO/c1-9-5-4-6-10(14)13(9)15-11-7-2-3-8-12(11)16/h4-6,11-12,15-16H,2-3,7-8H2,1H3/t11-,12-/m1/s1. The van der Waals surface area contributed by atoms with E-state index in [9.17, 15) is 9.50 Å². The van der Waals surface area contributed by atoms with Gasteiger partial charge in [-0.2, -0.15) is 0 Å². The third kappa shape index (κ3) is 2.35. The summed E-state index contributed by atoms with van der Waals surface area (Å²) in [6, 6.07) is 5.02. The molecule has 16 heavy (non-hydrogen) atoms. The third-order valence-corrected chi connectivity index (χ3v) is 3.28. The van der Waals surface area contributed by atoms with Crippen LogP contribution < -0.4 is 5.32 Å². The number of halogens is 1. The van der Waals surface area contributed by atoms with Crippen LogP contribution in [0.1, 0.15) is 31.2 Å². The highest BCUT2D eigenvalue weighted by atomic mass is 19.1. The molecule has 0 aliphatic heterocycles. The molecule has 1 fully saturated rings. The van der Waals surface area contributed by atoms with Crippen LogP contribution in [0.4, 0.5) is 10.1 Å². The summed E-state index contributed by atoms with van der Waals surface area (Å²) in [6.07, 6.45) is 3.53. The number of aliphatic hydroxyl groups excluding tert-OH is 1. The Bertz CT molecular complexity index is 347. The zero-order valence-corrected chi connectivity index (χ0v) is 9.54. The van der Waals surface area contributed by atoms with Gasteiger partial charge < -0.3 is 10.4 Å². The highest BCUT2D eigenvalue weighted by Gasteiger charge is 2.23. The van der Waals surface area contributed by atoms with Gasteiger partial charge in [0.2, 0.25) is 0 Å². The summed E-state index contributed by atoms with van der Waals surface area (Å²) in [7, 11) is 0. The fourth-order valence-corrected chi connectivity index (χ4v) is 2.28. The van der Waals surface area contributed by atoms with E-state index in [0.717, 1.165) is 31.2 Å². The maximum atomic E-state index is 13.6. The zero-order valence-electron chi connectivity index (χ0n) is 9.54. The summed E-state index contributed by atoms with van der Waals surface area (Å²) < 4.78 is 13.6. The van der Waals surface area contributed by atoms with Crippen molar-refractivity contribution in [3.8, 4) is 0 Å². The van der Waals surface area contributed by atoms with Crippen LogP contribution in [0.5, 0.6) is 0 Å². The van der Waals surface area contributed by atoms with Crippen molar-refractivity contribution in [1.29, 1.82) is 0 Å². The third-order valence-electron chi connectivity index (χ3n) is 3.28. The maximum Gasteiger partial charge on any atom is 0.146 e. The van der Waals surface area contributed by atoms with Crippen LogP contribution >= 0.6 is 0 Å². The van der Waals surface area contributed by atoms with E-state index in [2.05, 4.69) is 5.32 Å². The lowest BCUT2D eigenvalue weighted by Gasteiger charge is -2.29. The smallest absolute Gasteiger partial charge is 0.146 e. The number of hydrogen-bond donors (Lipinski definition) is 2. The monoisotopic (exact) mass is 223 g/mol. The number of aryl methyl sites for hydroxylation is 1. The summed E-state index contributed by atoms with van der Waals surface area (Å²) in [5.41, 5.74) is 1.42.